The van der Waals surface area contributed by atoms with Crippen molar-refractivity contribution in [1.82, 2.24) is 19.9 Å². The summed E-state index contributed by atoms with van der Waals surface area (Å²) >= 11 is 0. The molecule has 5 N–H and O–H groups in total. The average molecular weight is 358 g/mol. The van der Waals surface area contributed by atoms with Gasteiger partial charge in [-0.25, -0.2) is 15.0 Å². The van der Waals surface area contributed by atoms with E-state index in [1.807, 2.05) is 24.5 Å². The molecule has 1 saturated carbocycles. The highest BCUT2D eigenvalue weighted by Crippen LogP contribution is 2.37. The largest absolute Gasteiger partial charge is 0.346 e. The Morgan fingerprint density at radius 3 is 2.70 bits per heavy atom. The molecule has 0 unspecified atom stereocenters. The number of nitrogens with two attached hydrogens (primary N) is 2. The Kier molecular flexibility index (Phi) is 3.70. The number of nitrogens with one attached hydrogen (secondary N) is 1. The molecule has 1 aromatic carbocycles. The molecular weight excluding hydrogens is 336 g/mol. The minimum absolute atomic E-state index is 0.240. The van der Waals surface area contributed by atoms with E-state index in [4.69, 9.17) is 11.5 Å². The van der Waals surface area contributed by atoms with Gasteiger partial charge in [-0.2, -0.15) is 0 Å². The van der Waals surface area contributed by atoms with Crippen molar-refractivity contribution in [2.75, 3.05) is 0 Å². The molecule has 1 fully saturated rings. The molecule has 6 heteroatoms. The second kappa shape index (κ2) is 6.11. The Bertz CT molecular complexity index is 1120. The predicted octanol–water partition coefficient (Wildman–Crippen LogP) is 3.23. The Morgan fingerprint density at radius 2 is 1.85 bits per heavy atom. The summed E-state index contributed by atoms with van der Waals surface area (Å²) in [6, 6.07) is 10.7. The van der Waals surface area contributed by atoms with Gasteiger partial charge in [0.1, 0.15) is 12.0 Å². The zero-order valence-electron chi connectivity index (χ0n) is 15.0. The van der Waals surface area contributed by atoms with Crippen LogP contribution in [0.3, 0.4) is 0 Å². The summed E-state index contributed by atoms with van der Waals surface area (Å²) in [5.74, 6) is 0. The predicted molar refractivity (Wildman–Crippen MR) is 107 cm³/mol. The lowest BCUT2D eigenvalue weighted by molar-refractivity contribution is 0.273. The fourth-order valence-electron chi connectivity index (χ4n) is 4.12. The van der Waals surface area contributed by atoms with Crippen molar-refractivity contribution in [3.05, 3.63) is 54.7 Å². The third kappa shape index (κ3) is 2.78. The zero-order valence-corrected chi connectivity index (χ0v) is 15.0. The molecule has 0 aliphatic heterocycles. The van der Waals surface area contributed by atoms with Crippen molar-refractivity contribution in [2.45, 2.75) is 37.3 Å². The first-order valence-electron chi connectivity index (χ1n) is 9.36. The van der Waals surface area contributed by atoms with Gasteiger partial charge in [0.25, 0.3) is 0 Å². The maximum absolute atomic E-state index is 6.80. The molecule has 0 spiro atoms. The van der Waals surface area contributed by atoms with Gasteiger partial charge in [-0.15, -0.1) is 0 Å². The van der Waals surface area contributed by atoms with Crippen LogP contribution in [0.4, 0.5) is 0 Å². The minimum atomic E-state index is -0.446. The van der Waals surface area contributed by atoms with Crippen LogP contribution in [0.25, 0.3) is 33.1 Å². The van der Waals surface area contributed by atoms with E-state index in [0.717, 1.165) is 64.4 Å². The molecular formula is C21H22N6. The Balaban J connectivity index is 1.64. The van der Waals surface area contributed by atoms with Crippen molar-refractivity contribution in [2.24, 2.45) is 11.5 Å². The lowest BCUT2D eigenvalue weighted by atomic mass is 9.77. The molecule has 3 heterocycles. The van der Waals surface area contributed by atoms with Gasteiger partial charge in [0.2, 0.25) is 0 Å². The van der Waals surface area contributed by atoms with Crippen LogP contribution >= 0.6 is 0 Å². The molecule has 1 aliphatic carbocycles. The van der Waals surface area contributed by atoms with Gasteiger partial charge in [-0.1, -0.05) is 6.07 Å². The summed E-state index contributed by atoms with van der Waals surface area (Å²) < 4.78 is 0. The molecule has 0 bridgehead atoms. The van der Waals surface area contributed by atoms with Crippen LogP contribution in [0.5, 0.6) is 0 Å². The fraction of sp³-hybridized carbons (Fsp3) is 0.286. The third-order valence-corrected chi connectivity index (χ3v) is 5.76. The first-order chi connectivity index (χ1) is 13.1. The van der Waals surface area contributed by atoms with Crippen LogP contribution in [0.15, 0.2) is 49.1 Å². The van der Waals surface area contributed by atoms with Gasteiger partial charge < -0.3 is 16.5 Å². The van der Waals surface area contributed by atoms with E-state index in [-0.39, 0.29) is 6.04 Å². The lowest BCUT2D eigenvalue weighted by Crippen LogP contribution is -2.44. The summed E-state index contributed by atoms with van der Waals surface area (Å²) in [4.78, 5) is 16.7. The van der Waals surface area contributed by atoms with Crippen molar-refractivity contribution in [3.8, 4) is 11.1 Å². The Hall–Kier alpha value is -2.83. The second-order valence-corrected chi connectivity index (χ2v) is 7.59. The number of aromatic nitrogens is 4. The molecule has 6 nitrogen and oxygen atoms in total. The number of fused-ring (bicyclic) bond motifs is 2. The number of aromatic amines is 1. The van der Waals surface area contributed by atoms with Gasteiger partial charge in [-0.3, -0.25) is 0 Å². The number of hydrogen-bond acceptors (Lipinski definition) is 5. The molecule has 0 amide bonds. The van der Waals surface area contributed by atoms with Crippen LogP contribution < -0.4 is 11.5 Å². The molecule has 0 saturated heterocycles. The smallest absolute Gasteiger partial charge is 0.137 e. The summed E-state index contributed by atoms with van der Waals surface area (Å²) in [5, 5.41) is 2.11. The topological polar surface area (TPSA) is 106 Å². The molecule has 4 aromatic rings. The van der Waals surface area contributed by atoms with Gasteiger partial charge in [-0.05, 0) is 55.5 Å². The first kappa shape index (κ1) is 16.4. The molecule has 0 atom stereocenters. The number of pyridine rings is 1. The monoisotopic (exact) mass is 358 g/mol. The number of nitrogens with zero attached hydrogens (tertiary/aromatic N) is 3. The maximum Gasteiger partial charge on any atom is 0.137 e. The molecule has 3 aromatic heterocycles. The van der Waals surface area contributed by atoms with E-state index in [1.165, 1.54) is 0 Å². The van der Waals surface area contributed by atoms with Gasteiger partial charge in [0.05, 0.1) is 16.7 Å². The van der Waals surface area contributed by atoms with E-state index >= 15 is 0 Å². The van der Waals surface area contributed by atoms with E-state index in [1.54, 1.807) is 6.33 Å². The third-order valence-electron chi connectivity index (χ3n) is 5.76. The van der Waals surface area contributed by atoms with Crippen molar-refractivity contribution in [1.29, 1.82) is 0 Å². The van der Waals surface area contributed by atoms with Gasteiger partial charge >= 0.3 is 0 Å². The minimum Gasteiger partial charge on any atom is -0.346 e. The van der Waals surface area contributed by atoms with E-state index in [9.17, 15) is 0 Å². The maximum atomic E-state index is 6.80. The fourth-order valence-corrected chi connectivity index (χ4v) is 4.12. The Morgan fingerprint density at radius 1 is 1.00 bits per heavy atom. The van der Waals surface area contributed by atoms with Gasteiger partial charge in [0, 0.05) is 34.8 Å². The number of H-pyrrole nitrogens is 1. The molecule has 136 valence electrons. The molecule has 0 radical (unpaired) electrons. The van der Waals surface area contributed by atoms with Crippen LogP contribution in [0.1, 0.15) is 31.4 Å². The molecule has 27 heavy (non-hydrogen) atoms. The van der Waals surface area contributed by atoms with Crippen LogP contribution in [0.2, 0.25) is 0 Å². The molecule has 5 rings (SSSR count). The lowest BCUT2D eigenvalue weighted by Gasteiger charge is -2.36. The summed E-state index contributed by atoms with van der Waals surface area (Å²) in [5.41, 5.74) is 17.3. The van der Waals surface area contributed by atoms with Gasteiger partial charge in [0.15, 0.2) is 0 Å². The highest BCUT2D eigenvalue weighted by Gasteiger charge is 2.34. The normalized spacial score (nSPS) is 23.1. The molecule has 1 aliphatic rings. The summed E-state index contributed by atoms with van der Waals surface area (Å²) in [6.07, 6.45) is 8.96. The number of hydrogen-bond donors (Lipinski definition) is 3. The van der Waals surface area contributed by atoms with Crippen molar-refractivity contribution >= 4 is 21.9 Å². The number of benzene rings is 1. The van der Waals surface area contributed by atoms with E-state index in [2.05, 4.69) is 38.1 Å². The summed E-state index contributed by atoms with van der Waals surface area (Å²) in [7, 11) is 0. The summed E-state index contributed by atoms with van der Waals surface area (Å²) in [6.45, 7) is 0. The highest BCUT2D eigenvalue weighted by atomic mass is 14.9. The highest BCUT2D eigenvalue weighted by molar-refractivity contribution is 5.88. The second-order valence-electron chi connectivity index (χ2n) is 7.59. The first-order valence-corrected chi connectivity index (χ1v) is 9.36. The van der Waals surface area contributed by atoms with E-state index in [0.29, 0.717) is 0 Å². The Labute approximate surface area is 157 Å². The average Bonchev–Trinajstić information content (AvgIpc) is 3.17. The van der Waals surface area contributed by atoms with Crippen LogP contribution in [0, 0.1) is 0 Å². The standard InChI is InChI=1S/C21H22N6/c22-16-3-6-21(23,7-4-16)19-17-10-13(1-2-18(17)26-12-27-19)15-9-14-5-8-24-20(14)25-11-15/h1-2,5,8-12,16H,3-4,6-7,22-23H2,(H,24,25). The van der Waals surface area contributed by atoms with Crippen LogP contribution in [-0.4, -0.2) is 26.0 Å². The van der Waals surface area contributed by atoms with Crippen molar-refractivity contribution in [3.63, 3.8) is 0 Å². The SMILES string of the molecule is NC1CCC(N)(c2ncnc3ccc(-c4cnc5[nH]ccc5c4)cc23)CC1. The van der Waals surface area contributed by atoms with Crippen molar-refractivity contribution < 1.29 is 0 Å². The van der Waals surface area contributed by atoms with E-state index < -0.39 is 5.54 Å². The zero-order chi connectivity index (χ0) is 18.4. The number of rotatable bonds is 2. The van der Waals surface area contributed by atoms with Crippen LogP contribution in [-0.2, 0) is 5.54 Å². The quantitative estimate of drug-likeness (QED) is 0.510.